The van der Waals surface area contributed by atoms with E-state index in [-0.39, 0.29) is 16.7 Å². The number of anilines is 1. The van der Waals surface area contributed by atoms with Gasteiger partial charge in [0.15, 0.2) is 0 Å². The molecule has 3 rings (SSSR count). The van der Waals surface area contributed by atoms with Crippen LogP contribution in [0.25, 0.3) is 11.6 Å². The predicted octanol–water partition coefficient (Wildman–Crippen LogP) is 5.74. The van der Waals surface area contributed by atoms with E-state index in [1.165, 1.54) is 12.2 Å². The van der Waals surface area contributed by atoms with Gasteiger partial charge in [0.2, 0.25) is 0 Å². The average molecular weight is 394 g/mol. The van der Waals surface area contributed by atoms with Crippen molar-refractivity contribution in [2.45, 2.75) is 59.3 Å². The summed E-state index contributed by atoms with van der Waals surface area (Å²) in [6.45, 7) is 14.5. The zero-order valence-electron chi connectivity index (χ0n) is 18.7. The van der Waals surface area contributed by atoms with Crippen molar-refractivity contribution >= 4 is 23.2 Å². The van der Waals surface area contributed by atoms with Crippen LogP contribution in [0.5, 0.6) is 5.75 Å². The molecule has 4 nitrogen and oxygen atoms in total. The van der Waals surface area contributed by atoms with Gasteiger partial charge < -0.3 is 5.11 Å². The fraction of sp³-hybridized carbons (Fsp3) is 0.400. The second-order valence-corrected chi connectivity index (χ2v) is 9.83. The van der Waals surface area contributed by atoms with Crippen LogP contribution in [0.15, 0.2) is 30.3 Å². The number of phenols is 1. The van der Waals surface area contributed by atoms with Crippen LogP contribution in [0.4, 0.5) is 5.69 Å². The summed E-state index contributed by atoms with van der Waals surface area (Å²) in [5.74, 6) is 0.149. The standard InChI is InChI=1S/C25H31NO3/c1-15-9-10-21-17(11-15)18(23(28)26(21)29-8)12-16-13-19(24(2,3)4)22(27)20(14-16)25(5,6)7/h9-14,27H,1-8H3. The van der Waals surface area contributed by atoms with Crippen LogP contribution in [-0.4, -0.2) is 18.1 Å². The van der Waals surface area contributed by atoms with Crippen molar-refractivity contribution in [1.29, 1.82) is 0 Å². The molecule has 0 atom stereocenters. The van der Waals surface area contributed by atoms with Gasteiger partial charge in [0.05, 0.1) is 18.4 Å². The minimum absolute atomic E-state index is 0.184. The number of carbonyl (C=O) groups is 1. The summed E-state index contributed by atoms with van der Waals surface area (Å²) in [4.78, 5) is 18.4. The Morgan fingerprint density at radius 2 is 1.52 bits per heavy atom. The van der Waals surface area contributed by atoms with Crippen molar-refractivity contribution in [2.75, 3.05) is 12.2 Å². The lowest BCUT2D eigenvalue weighted by atomic mass is 9.78. The normalized spacial score (nSPS) is 15.9. The van der Waals surface area contributed by atoms with E-state index in [0.717, 1.165) is 33.5 Å². The molecule has 1 heterocycles. The first kappa shape index (κ1) is 21.1. The number of hydrogen-bond acceptors (Lipinski definition) is 3. The molecule has 4 heteroatoms. The van der Waals surface area contributed by atoms with Crippen LogP contribution in [0, 0.1) is 6.92 Å². The molecule has 1 aliphatic rings. The summed E-state index contributed by atoms with van der Waals surface area (Å²) in [7, 11) is 1.50. The van der Waals surface area contributed by atoms with Crippen molar-refractivity contribution in [3.05, 3.63) is 58.1 Å². The summed E-state index contributed by atoms with van der Waals surface area (Å²) < 4.78 is 0. The first-order valence-electron chi connectivity index (χ1n) is 9.94. The van der Waals surface area contributed by atoms with E-state index in [1.54, 1.807) is 0 Å². The molecule has 154 valence electrons. The molecule has 0 bridgehead atoms. The number of aryl methyl sites for hydroxylation is 1. The molecule has 0 aliphatic carbocycles. The van der Waals surface area contributed by atoms with Gasteiger partial charge in [-0.1, -0.05) is 53.2 Å². The lowest BCUT2D eigenvalue weighted by Gasteiger charge is -2.28. The summed E-state index contributed by atoms with van der Waals surface area (Å²) in [5.41, 5.74) is 5.46. The molecule has 2 aromatic rings. The molecule has 1 amide bonds. The van der Waals surface area contributed by atoms with Crippen molar-refractivity contribution in [2.24, 2.45) is 0 Å². The second-order valence-electron chi connectivity index (χ2n) is 9.83. The molecule has 1 N–H and O–H groups in total. The molecule has 2 aromatic carbocycles. The van der Waals surface area contributed by atoms with Crippen molar-refractivity contribution in [3.8, 4) is 5.75 Å². The third-order valence-corrected chi connectivity index (χ3v) is 5.32. The van der Waals surface area contributed by atoms with E-state index in [2.05, 4.69) is 41.5 Å². The Balaban J connectivity index is 2.26. The molecule has 0 unspecified atom stereocenters. The van der Waals surface area contributed by atoms with Crippen LogP contribution in [0.2, 0.25) is 0 Å². The number of fused-ring (bicyclic) bond motifs is 1. The highest BCUT2D eigenvalue weighted by Crippen LogP contribution is 2.42. The fourth-order valence-electron chi connectivity index (χ4n) is 3.75. The maximum atomic E-state index is 13.0. The van der Waals surface area contributed by atoms with Crippen molar-refractivity contribution in [1.82, 2.24) is 0 Å². The molecule has 0 aromatic heterocycles. The van der Waals surface area contributed by atoms with Gasteiger partial charge in [-0.25, -0.2) is 0 Å². The number of nitrogens with zero attached hydrogens (tertiary/aromatic N) is 1. The van der Waals surface area contributed by atoms with Gasteiger partial charge in [-0.2, -0.15) is 5.06 Å². The molecule has 0 saturated carbocycles. The van der Waals surface area contributed by atoms with Crippen LogP contribution >= 0.6 is 0 Å². The zero-order valence-corrected chi connectivity index (χ0v) is 18.7. The van der Waals surface area contributed by atoms with Gasteiger partial charge >= 0.3 is 0 Å². The zero-order chi connectivity index (χ0) is 21.7. The Hall–Kier alpha value is -2.59. The van der Waals surface area contributed by atoms with Gasteiger partial charge in [-0.15, -0.1) is 0 Å². The van der Waals surface area contributed by atoms with E-state index in [1.807, 2.05) is 43.3 Å². The number of benzene rings is 2. The average Bonchev–Trinajstić information content (AvgIpc) is 2.85. The third-order valence-electron chi connectivity index (χ3n) is 5.32. The smallest absolute Gasteiger partial charge is 0.282 e. The Morgan fingerprint density at radius 3 is 2.00 bits per heavy atom. The molecule has 29 heavy (non-hydrogen) atoms. The Labute approximate surface area is 173 Å². The van der Waals surface area contributed by atoms with Crippen molar-refractivity contribution in [3.63, 3.8) is 0 Å². The summed E-state index contributed by atoms with van der Waals surface area (Å²) in [6.07, 6.45) is 1.91. The first-order chi connectivity index (χ1) is 13.3. The number of hydrogen-bond donors (Lipinski definition) is 1. The van der Waals surface area contributed by atoms with Crippen LogP contribution < -0.4 is 5.06 Å². The molecule has 1 aliphatic heterocycles. The minimum atomic E-state index is -0.231. The van der Waals surface area contributed by atoms with E-state index in [4.69, 9.17) is 4.84 Å². The number of rotatable bonds is 2. The fourth-order valence-corrected chi connectivity index (χ4v) is 3.75. The molecule has 0 spiro atoms. The largest absolute Gasteiger partial charge is 0.507 e. The molecule has 0 saturated heterocycles. The molecular formula is C25H31NO3. The second kappa shape index (κ2) is 7.03. The highest BCUT2D eigenvalue weighted by Gasteiger charge is 2.33. The quantitative estimate of drug-likeness (QED) is 0.662. The Kier molecular flexibility index (Phi) is 5.12. The number of phenolic OH excluding ortho intramolecular Hbond substituents is 1. The highest BCUT2D eigenvalue weighted by atomic mass is 16.7. The SMILES string of the molecule is CON1C(=O)C(=Cc2cc(C(C)(C)C)c(O)c(C(C)(C)C)c2)c2cc(C)ccc21. The lowest BCUT2D eigenvalue weighted by Crippen LogP contribution is -2.24. The number of hydroxylamine groups is 1. The van der Waals surface area contributed by atoms with E-state index in [9.17, 15) is 9.90 Å². The number of amides is 1. The van der Waals surface area contributed by atoms with Gasteiger partial charge in [0.25, 0.3) is 5.91 Å². The Morgan fingerprint density at radius 1 is 0.966 bits per heavy atom. The topological polar surface area (TPSA) is 49.8 Å². The summed E-state index contributed by atoms with van der Waals surface area (Å²) in [5, 5.41) is 12.3. The first-order valence-corrected chi connectivity index (χ1v) is 9.94. The number of carbonyl (C=O) groups excluding carboxylic acids is 1. The predicted molar refractivity (Wildman–Crippen MR) is 119 cm³/mol. The van der Waals surface area contributed by atoms with E-state index in [0.29, 0.717) is 11.3 Å². The van der Waals surface area contributed by atoms with Crippen LogP contribution in [-0.2, 0) is 20.5 Å². The molecular weight excluding hydrogens is 362 g/mol. The Bertz CT molecular complexity index is 969. The molecule has 0 radical (unpaired) electrons. The van der Waals surface area contributed by atoms with E-state index >= 15 is 0 Å². The highest BCUT2D eigenvalue weighted by molar-refractivity contribution is 6.35. The number of aromatic hydroxyl groups is 1. The van der Waals surface area contributed by atoms with Gasteiger partial charge in [-0.3, -0.25) is 9.63 Å². The lowest BCUT2D eigenvalue weighted by molar-refractivity contribution is -0.118. The van der Waals surface area contributed by atoms with Crippen molar-refractivity contribution < 1.29 is 14.7 Å². The maximum Gasteiger partial charge on any atom is 0.282 e. The van der Waals surface area contributed by atoms with Gasteiger partial charge in [0.1, 0.15) is 5.75 Å². The van der Waals surface area contributed by atoms with Crippen LogP contribution in [0.3, 0.4) is 0 Å². The van der Waals surface area contributed by atoms with E-state index < -0.39 is 0 Å². The molecule has 0 fully saturated rings. The summed E-state index contributed by atoms with van der Waals surface area (Å²) in [6, 6.07) is 9.85. The van der Waals surface area contributed by atoms with Gasteiger partial charge in [-0.05, 0) is 53.7 Å². The minimum Gasteiger partial charge on any atom is -0.507 e. The van der Waals surface area contributed by atoms with Crippen LogP contribution in [0.1, 0.15) is 69.4 Å². The third kappa shape index (κ3) is 3.82. The van der Waals surface area contributed by atoms with Gasteiger partial charge in [0, 0.05) is 16.7 Å². The monoisotopic (exact) mass is 393 g/mol. The maximum absolute atomic E-state index is 13.0. The summed E-state index contributed by atoms with van der Waals surface area (Å²) >= 11 is 0.